The van der Waals surface area contributed by atoms with Crippen molar-refractivity contribution < 1.29 is 42.8 Å². The molecule has 1 fully saturated rings. The summed E-state index contributed by atoms with van der Waals surface area (Å²) in [6.07, 6.45) is 8.50. The van der Waals surface area contributed by atoms with Crippen LogP contribution in [0.25, 0.3) is 0 Å². The van der Waals surface area contributed by atoms with Crippen LogP contribution in [0.1, 0.15) is 107 Å². The summed E-state index contributed by atoms with van der Waals surface area (Å²) < 4.78 is 32.9. The molecule has 1 aliphatic rings. The number of nitrogens with two attached hydrogens (primary N) is 1. The van der Waals surface area contributed by atoms with E-state index in [1.807, 2.05) is 58.0 Å². The van der Waals surface area contributed by atoms with Crippen molar-refractivity contribution in [1.29, 1.82) is 5.41 Å². The number of carbonyl (C=O) groups is 3. The fourth-order valence-electron chi connectivity index (χ4n) is 6.71. The van der Waals surface area contributed by atoms with Crippen molar-refractivity contribution in [1.82, 2.24) is 15.2 Å². The highest BCUT2D eigenvalue weighted by molar-refractivity contribution is 6.07. The van der Waals surface area contributed by atoms with Gasteiger partial charge in [0.15, 0.2) is 5.84 Å². The van der Waals surface area contributed by atoms with Crippen LogP contribution in [0.5, 0.6) is 5.75 Å². The first-order valence-electron chi connectivity index (χ1n) is 21.8. The van der Waals surface area contributed by atoms with E-state index >= 15 is 0 Å². The van der Waals surface area contributed by atoms with Crippen molar-refractivity contribution in [2.24, 2.45) is 10.7 Å². The Hall–Kier alpha value is -5.58. The van der Waals surface area contributed by atoms with Crippen LogP contribution < -0.4 is 21.1 Å². The molecule has 5 N–H and O–H groups in total. The summed E-state index contributed by atoms with van der Waals surface area (Å²) in [5, 5.41) is 15.3. The number of benzene rings is 2. The quantitative estimate of drug-likeness (QED) is 0.0292. The molecule has 0 bridgehead atoms. The number of carbonyl (C=O) groups excluding carboxylic acids is 3. The van der Waals surface area contributed by atoms with E-state index in [2.05, 4.69) is 25.3 Å². The number of pyridine rings is 1. The van der Waals surface area contributed by atoms with E-state index in [-0.39, 0.29) is 29.6 Å². The average molecular weight is 874 g/mol. The molecule has 0 radical (unpaired) electrons. The maximum Gasteiger partial charge on any atom is 0.410 e. The standard InChI is InChI=1S/C47H67N7O9/c1-35(37-13-11-16-40(34-37)62-28-9-7-6-8-26-59-29-31-61-32-30-60-27-12-17-41(55)58-5)51-43(56)38-14-10-15-39(33-38)53-47(44(49)52-42(48)36-18-22-50-23-19-36)20-24-54(25-21-47)45(57)63-46(2,3)4/h10-11,13-16,18-19,22-23,33-35,53H,6-9,12,17,20-21,24-32H2,1-5H3,(H,51,56)(H3,48,49,52)/t35-/m1/s1. The number of nitrogens with zero attached hydrogens (tertiary/aromatic N) is 3. The minimum absolute atomic E-state index is 0.00971. The maximum atomic E-state index is 13.6. The molecule has 2 aromatic carbocycles. The van der Waals surface area contributed by atoms with Gasteiger partial charge in [0.1, 0.15) is 17.2 Å². The van der Waals surface area contributed by atoms with Crippen LogP contribution in [0.3, 0.4) is 0 Å². The number of rotatable bonds is 25. The van der Waals surface area contributed by atoms with E-state index in [1.54, 1.807) is 47.6 Å². The van der Waals surface area contributed by atoms with Crippen molar-refractivity contribution in [3.8, 4) is 5.75 Å². The molecule has 344 valence electrons. The molecule has 1 aromatic heterocycles. The fourth-order valence-corrected chi connectivity index (χ4v) is 6.71. The molecule has 1 aliphatic heterocycles. The summed E-state index contributed by atoms with van der Waals surface area (Å²) in [5.74, 6) is 0.457. The SMILES string of the molecule is COC(=O)CCCOCCOCCOCCCCCCOc1cccc([C@@H](C)NC(=O)c2cccc(NC3(C(N)=NC(=N)c4ccncc4)CCN(C(=O)OC(C)(C)C)CC3)c2)c1. The average Bonchev–Trinajstić information content (AvgIpc) is 3.27. The third-order valence-corrected chi connectivity index (χ3v) is 10.3. The minimum Gasteiger partial charge on any atom is -0.494 e. The van der Waals surface area contributed by atoms with E-state index in [0.717, 1.165) is 37.0 Å². The van der Waals surface area contributed by atoms with Crippen LogP contribution in [0.15, 0.2) is 78.0 Å². The van der Waals surface area contributed by atoms with Crippen LogP contribution in [-0.2, 0) is 28.5 Å². The van der Waals surface area contributed by atoms with Crippen molar-refractivity contribution in [2.45, 2.75) is 96.2 Å². The molecule has 1 saturated heterocycles. The summed E-state index contributed by atoms with van der Waals surface area (Å²) in [7, 11) is 1.38. The Kier molecular flexibility index (Phi) is 20.8. The second kappa shape index (κ2) is 26.1. The number of hydrogen-bond donors (Lipinski definition) is 4. The van der Waals surface area contributed by atoms with Crippen molar-refractivity contribution in [3.05, 3.63) is 89.7 Å². The van der Waals surface area contributed by atoms with Gasteiger partial charge in [0, 0.05) is 61.9 Å². The number of likely N-dealkylation sites (tertiary alicyclic amines) is 1. The molecule has 4 rings (SSSR count). The fraction of sp³-hybridized carbons (Fsp3) is 0.532. The van der Waals surface area contributed by atoms with Gasteiger partial charge < -0.3 is 49.7 Å². The Morgan fingerprint density at radius 2 is 1.48 bits per heavy atom. The molecule has 2 amide bonds. The van der Waals surface area contributed by atoms with Crippen LogP contribution in [-0.4, -0.2) is 117 Å². The highest BCUT2D eigenvalue weighted by atomic mass is 16.6. The number of aliphatic imine (C=N–C) groups is 1. The topological polar surface area (TPSA) is 209 Å². The lowest BCUT2D eigenvalue weighted by Crippen LogP contribution is -2.58. The highest BCUT2D eigenvalue weighted by Crippen LogP contribution is 2.30. The highest BCUT2D eigenvalue weighted by Gasteiger charge is 2.41. The Morgan fingerprint density at radius 3 is 2.14 bits per heavy atom. The van der Waals surface area contributed by atoms with Crippen molar-refractivity contribution in [2.75, 3.05) is 71.8 Å². The Morgan fingerprint density at radius 1 is 0.841 bits per heavy atom. The van der Waals surface area contributed by atoms with Crippen molar-refractivity contribution >= 4 is 35.3 Å². The number of unbranched alkanes of at least 4 members (excludes halogenated alkanes) is 3. The number of esters is 1. The predicted molar refractivity (Wildman–Crippen MR) is 243 cm³/mol. The minimum atomic E-state index is -0.918. The summed E-state index contributed by atoms with van der Waals surface area (Å²) in [5.41, 5.74) is 7.75. The Balaban J connectivity index is 1.21. The maximum absolute atomic E-state index is 13.6. The summed E-state index contributed by atoms with van der Waals surface area (Å²) in [6.45, 7) is 11.9. The van der Waals surface area contributed by atoms with Crippen LogP contribution in [0.2, 0.25) is 0 Å². The van der Waals surface area contributed by atoms with E-state index in [9.17, 15) is 14.4 Å². The number of amidine groups is 2. The van der Waals surface area contributed by atoms with Crippen LogP contribution in [0.4, 0.5) is 10.5 Å². The zero-order valence-electron chi connectivity index (χ0n) is 37.6. The number of methoxy groups -OCH3 is 1. The van der Waals surface area contributed by atoms with E-state index < -0.39 is 17.2 Å². The van der Waals surface area contributed by atoms with Crippen LogP contribution in [0, 0.1) is 5.41 Å². The second-order valence-electron chi connectivity index (χ2n) is 16.4. The van der Waals surface area contributed by atoms with Gasteiger partial charge >= 0.3 is 12.1 Å². The largest absolute Gasteiger partial charge is 0.494 e. The van der Waals surface area contributed by atoms with Gasteiger partial charge in [-0.25, -0.2) is 9.79 Å². The molecule has 2 heterocycles. The lowest BCUT2D eigenvalue weighted by atomic mass is 9.85. The predicted octanol–water partition coefficient (Wildman–Crippen LogP) is 7.08. The normalized spacial score (nSPS) is 14.4. The van der Waals surface area contributed by atoms with Gasteiger partial charge in [-0.3, -0.25) is 20.0 Å². The zero-order chi connectivity index (χ0) is 45.5. The third-order valence-electron chi connectivity index (χ3n) is 10.3. The number of nitrogens with one attached hydrogen (secondary N) is 3. The monoisotopic (exact) mass is 874 g/mol. The first-order valence-corrected chi connectivity index (χ1v) is 21.8. The van der Waals surface area contributed by atoms with Gasteiger partial charge in [-0.15, -0.1) is 0 Å². The third kappa shape index (κ3) is 18.0. The lowest BCUT2D eigenvalue weighted by molar-refractivity contribution is -0.141. The number of amides is 2. The van der Waals surface area contributed by atoms with Gasteiger partial charge in [-0.05, 0) is 114 Å². The van der Waals surface area contributed by atoms with Gasteiger partial charge in [-0.2, -0.15) is 0 Å². The molecular weight excluding hydrogens is 807 g/mol. The number of piperidine rings is 1. The molecule has 16 heteroatoms. The number of ether oxygens (including phenoxy) is 6. The molecular formula is C47H67N7O9. The number of anilines is 1. The van der Waals surface area contributed by atoms with Gasteiger partial charge in [0.25, 0.3) is 5.91 Å². The Labute approximate surface area is 372 Å². The lowest BCUT2D eigenvalue weighted by Gasteiger charge is -2.42. The summed E-state index contributed by atoms with van der Waals surface area (Å²) in [6, 6.07) is 18.0. The smallest absolute Gasteiger partial charge is 0.410 e. The van der Waals surface area contributed by atoms with Crippen molar-refractivity contribution in [3.63, 3.8) is 0 Å². The zero-order valence-corrected chi connectivity index (χ0v) is 37.6. The van der Waals surface area contributed by atoms with Gasteiger partial charge in [0.05, 0.1) is 51.7 Å². The molecule has 0 unspecified atom stereocenters. The first kappa shape index (κ1) is 50.1. The van der Waals surface area contributed by atoms with E-state index in [0.29, 0.717) is 102 Å². The molecule has 3 aromatic rings. The molecule has 16 nitrogen and oxygen atoms in total. The molecule has 0 spiro atoms. The number of aromatic nitrogens is 1. The molecule has 63 heavy (non-hydrogen) atoms. The van der Waals surface area contributed by atoms with E-state index in [4.69, 9.17) is 34.8 Å². The number of hydrogen-bond acceptors (Lipinski definition) is 12. The molecule has 1 atom stereocenters. The summed E-state index contributed by atoms with van der Waals surface area (Å²) >= 11 is 0. The second-order valence-corrected chi connectivity index (χ2v) is 16.4. The van der Waals surface area contributed by atoms with Gasteiger partial charge in [0.2, 0.25) is 0 Å². The van der Waals surface area contributed by atoms with E-state index in [1.165, 1.54) is 7.11 Å². The molecule has 0 aliphatic carbocycles. The first-order chi connectivity index (χ1) is 30.3. The summed E-state index contributed by atoms with van der Waals surface area (Å²) in [4.78, 5) is 47.8. The van der Waals surface area contributed by atoms with Gasteiger partial charge in [-0.1, -0.05) is 24.6 Å². The molecule has 0 saturated carbocycles. The van der Waals surface area contributed by atoms with Crippen LogP contribution >= 0.6 is 0 Å². The Bertz CT molecular complexity index is 1910.